The maximum atomic E-state index is 11.7. The standard InChI is InChI=1S/C17H18N4O2S/c1-3-5-13-9-14(22)19-17(18-13)24-10-15-20-16(21-23-15)12-7-4-6-11(2)8-12/h4,6-9H,3,5,10H2,1-2H3,(H,18,19,22). The number of hydrogen-bond acceptors (Lipinski definition) is 6. The molecule has 2 heterocycles. The zero-order valence-electron chi connectivity index (χ0n) is 13.6. The topological polar surface area (TPSA) is 84.7 Å². The van der Waals surface area contributed by atoms with Crippen LogP contribution in [0.5, 0.6) is 0 Å². The van der Waals surface area contributed by atoms with Gasteiger partial charge in [-0.2, -0.15) is 4.98 Å². The molecule has 1 N–H and O–H groups in total. The SMILES string of the molecule is CCCc1cc(=O)[nH]c(SCc2nc(-c3cccc(C)c3)no2)n1. The number of aromatic nitrogens is 4. The first-order valence-electron chi connectivity index (χ1n) is 7.76. The molecular weight excluding hydrogens is 324 g/mol. The molecule has 0 aliphatic rings. The van der Waals surface area contributed by atoms with Crippen molar-refractivity contribution in [2.45, 2.75) is 37.6 Å². The van der Waals surface area contributed by atoms with Gasteiger partial charge in [-0.25, -0.2) is 4.98 Å². The molecule has 0 atom stereocenters. The minimum absolute atomic E-state index is 0.137. The van der Waals surface area contributed by atoms with E-state index >= 15 is 0 Å². The summed E-state index contributed by atoms with van der Waals surface area (Å²) in [4.78, 5) is 23.2. The van der Waals surface area contributed by atoms with Gasteiger partial charge < -0.3 is 9.51 Å². The quantitative estimate of drug-likeness (QED) is 0.546. The van der Waals surface area contributed by atoms with E-state index in [0.717, 1.165) is 29.7 Å². The minimum Gasteiger partial charge on any atom is -0.338 e. The van der Waals surface area contributed by atoms with E-state index in [4.69, 9.17) is 4.52 Å². The van der Waals surface area contributed by atoms with Crippen molar-refractivity contribution in [3.8, 4) is 11.4 Å². The molecule has 24 heavy (non-hydrogen) atoms. The molecule has 0 unspecified atom stereocenters. The fourth-order valence-electron chi connectivity index (χ4n) is 2.28. The zero-order chi connectivity index (χ0) is 16.9. The highest BCUT2D eigenvalue weighted by atomic mass is 32.2. The summed E-state index contributed by atoms with van der Waals surface area (Å²) < 4.78 is 5.29. The largest absolute Gasteiger partial charge is 0.338 e. The second-order valence-electron chi connectivity index (χ2n) is 5.46. The molecule has 0 saturated heterocycles. The van der Waals surface area contributed by atoms with Gasteiger partial charge >= 0.3 is 0 Å². The Morgan fingerprint density at radius 3 is 2.92 bits per heavy atom. The lowest BCUT2D eigenvalue weighted by molar-refractivity contribution is 0.391. The van der Waals surface area contributed by atoms with Crippen LogP contribution in [-0.4, -0.2) is 20.1 Å². The monoisotopic (exact) mass is 342 g/mol. The van der Waals surface area contributed by atoms with Gasteiger partial charge in [-0.15, -0.1) is 0 Å². The van der Waals surface area contributed by atoms with E-state index in [2.05, 4.69) is 27.0 Å². The maximum Gasteiger partial charge on any atom is 0.251 e. The van der Waals surface area contributed by atoms with Crippen LogP contribution in [-0.2, 0) is 12.2 Å². The molecule has 0 spiro atoms. The number of nitrogens with zero attached hydrogens (tertiary/aromatic N) is 3. The predicted octanol–water partition coefficient (Wildman–Crippen LogP) is 3.37. The Hall–Kier alpha value is -2.41. The van der Waals surface area contributed by atoms with Crippen molar-refractivity contribution in [3.63, 3.8) is 0 Å². The van der Waals surface area contributed by atoms with Gasteiger partial charge in [0.05, 0.1) is 5.75 Å². The van der Waals surface area contributed by atoms with E-state index in [1.807, 2.05) is 31.2 Å². The highest BCUT2D eigenvalue weighted by Gasteiger charge is 2.10. The van der Waals surface area contributed by atoms with Crippen LogP contribution in [0.1, 0.15) is 30.5 Å². The summed E-state index contributed by atoms with van der Waals surface area (Å²) in [6.07, 6.45) is 1.74. The van der Waals surface area contributed by atoms with Gasteiger partial charge in [0.1, 0.15) is 0 Å². The van der Waals surface area contributed by atoms with Crippen LogP contribution in [0.3, 0.4) is 0 Å². The molecule has 2 aromatic heterocycles. The first kappa shape index (κ1) is 16.4. The van der Waals surface area contributed by atoms with Crippen LogP contribution in [0.2, 0.25) is 0 Å². The van der Waals surface area contributed by atoms with Crippen LogP contribution in [0, 0.1) is 6.92 Å². The fourth-order valence-corrected chi connectivity index (χ4v) is 3.01. The molecule has 0 bridgehead atoms. The first-order chi connectivity index (χ1) is 11.6. The molecule has 3 aromatic rings. The minimum atomic E-state index is -0.137. The maximum absolute atomic E-state index is 11.7. The Kier molecular flexibility index (Phi) is 5.10. The lowest BCUT2D eigenvalue weighted by Crippen LogP contribution is -2.09. The molecule has 0 amide bonds. The van der Waals surface area contributed by atoms with Gasteiger partial charge in [-0.1, -0.05) is 54.0 Å². The van der Waals surface area contributed by atoms with Gasteiger partial charge in [0.25, 0.3) is 5.56 Å². The molecule has 7 heteroatoms. The third kappa shape index (κ3) is 4.11. The summed E-state index contributed by atoms with van der Waals surface area (Å²) in [5.41, 5.74) is 2.73. The highest BCUT2D eigenvalue weighted by molar-refractivity contribution is 7.98. The van der Waals surface area contributed by atoms with Crippen molar-refractivity contribution < 1.29 is 4.52 Å². The fraction of sp³-hybridized carbons (Fsp3) is 0.294. The van der Waals surface area contributed by atoms with Crippen molar-refractivity contribution in [1.82, 2.24) is 20.1 Å². The molecule has 6 nitrogen and oxygen atoms in total. The van der Waals surface area contributed by atoms with E-state index < -0.39 is 0 Å². The highest BCUT2D eigenvalue weighted by Crippen LogP contribution is 2.21. The zero-order valence-corrected chi connectivity index (χ0v) is 14.4. The average molecular weight is 342 g/mol. The van der Waals surface area contributed by atoms with Crippen LogP contribution in [0.15, 0.2) is 44.8 Å². The number of hydrogen-bond donors (Lipinski definition) is 1. The molecule has 124 valence electrons. The number of aromatic amines is 1. The number of rotatable bonds is 6. The van der Waals surface area contributed by atoms with Gasteiger partial charge in [0.15, 0.2) is 5.16 Å². The molecule has 0 fully saturated rings. The lowest BCUT2D eigenvalue weighted by atomic mass is 10.1. The van der Waals surface area contributed by atoms with E-state index in [1.54, 1.807) is 0 Å². The molecule has 0 radical (unpaired) electrons. The second kappa shape index (κ2) is 7.44. The van der Waals surface area contributed by atoms with E-state index in [-0.39, 0.29) is 5.56 Å². The van der Waals surface area contributed by atoms with Gasteiger partial charge in [-0.05, 0) is 19.4 Å². The van der Waals surface area contributed by atoms with E-state index in [9.17, 15) is 4.79 Å². The molecule has 0 saturated carbocycles. The summed E-state index contributed by atoms with van der Waals surface area (Å²) in [5.74, 6) is 1.52. The normalized spacial score (nSPS) is 10.9. The first-order valence-corrected chi connectivity index (χ1v) is 8.75. The Balaban J connectivity index is 1.71. The van der Waals surface area contributed by atoms with Crippen LogP contribution in [0.4, 0.5) is 0 Å². The smallest absolute Gasteiger partial charge is 0.251 e. The molecule has 1 aromatic carbocycles. The van der Waals surface area contributed by atoms with Crippen LogP contribution in [0.25, 0.3) is 11.4 Å². The van der Waals surface area contributed by atoms with Crippen molar-refractivity contribution in [2.24, 2.45) is 0 Å². The predicted molar refractivity (Wildman–Crippen MR) is 92.9 cm³/mol. The Morgan fingerprint density at radius 2 is 2.12 bits per heavy atom. The Labute approximate surface area is 143 Å². The molecule has 0 aliphatic heterocycles. The third-order valence-electron chi connectivity index (χ3n) is 3.36. The van der Waals surface area contributed by atoms with Gasteiger partial charge in [0, 0.05) is 17.3 Å². The van der Waals surface area contributed by atoms with Crippen molar-refractivity contribution >= 4 is 11.8 Å². The van der Waals surface area contributed by atoms with Gasteiger partial charge in [-0.3, -0.25) is 4.79 Å². The van der Waals surface area contributed by atoms with Crippen LogP contribution < -0.4 is 5.56 Å². The van der Waals surface area contributed by atoms with E-state index in [1.165, 1.54) is 17.8 Å². The molecule has 0 aliphatic carbocycles. The third-order valence-corrected chi connectivity index (χ3v) is 4.21. The molecular formula is C17H18N4O2S. The second-order valence-corrected chi connectivity index (χ2v) is 6.43. The summed E-state index contributed by atoms with van der Waals surface area (Å²) in [6.45, 7) is 4.08. The van der Waals surface area contributed by atoms with Crippen molar-refractivity contribution in [1.29, 1.82) is 0 Å². The van der Waals surface area contributed by atoms with Crippen molar-refractivity contribution in [2.75, 3.05) is 0 Å². The number of H-pyrrole nitrogens is 1. The van der Waals surface area contributed by atoms with Gasteiger partial charge in [0.2, 0.25) is 11.7 Å². The number of benzene rings is 1. The Morgan fingerprint density at radius 1 is 1.25 bits per heavy atom. The lowest BCUT2D eigenvalue weighted by Gasteiger charge is -2.01. The summed E-state index contributed by atoms with van der Waals surface area (Å²) >= 11 is 1.38. The van der Waals surface area contributed by atoms with Crippen molar-refractivity contribution in [3.05, 3.63) is 57.8 Å². The average Bonchev–Trinajstić information content (AvgIpc) is 3.02. The number of thioether (sulfide) groups is 1. The number of nitrogens with one attached hydrogen (secondary N) is 1. The van der Waals surface area contributed by atoms with Crippen LogP contribution >= 0.6 is 11.8 Å². The Bertz CT molecular complexity index is 888. The molecule has 3 rings (SSSR count). The summed E-state index contributed by atoms with van der Waals surface area (Å²) in [6, 6.07) is 9.47. The van der Waals surface area contributed by atoms with E-state index in [0.29, 0.717) is 22.6 Å². The summed E-state index contributed by atoms with van der Waals surface area (Å²) in [7, 11) is 0. The summed E-state index contributed by atoms with van der Waals surface area (Å²) in [5, 5.41) is 4.58. The number of aryl methyl sites for hydroxylation is 2.